The van der Waals surface area contributed by atoms with Crippen LogP contribution in [0.25, 0.3) is 172 Å². The van der Waals surface area contributed by atoms with Gasteiger partial charge in [0.25, 0.3) is 0 Å². The molecule has 4 heterocycles. The first-order valence-corrected chi connectivity index (χ1v) is 25.3. The molecule has 0 aliphatic rings. The summed E-state index contributed by atoms with van der Waals surface area (Å²) in [4.78, 5) is 0. The molecule has 0 atom stereocenters. The van der Waals surface area contributed by atoms with Gasteiger partial charge in [0.15, 0.2) is 0 Å². The Labute approximate surface area is 529 Å². The third-order valence-corrected chi connectivity index (χ3v) is 15.5. The van der Waals surface area contributed by atoms with Gasteiger partial charge in [-0.05, 0) is 136 Å². The van der Waals surface area contributed by atoms with Crippen LogP contribution in [0.1, 0.15) is 60.3 Å². The maximum Gasteiger partial charge on any atom is 0.136 e. The lowest BCUT2D eigenvalue weighted by molar-refractivity contribution is 0.668. The van der Waals surface area contributed by atoms with Gasteiger partial charge in [-0.2, -0.15) is 0 Å². The number of fused-ring (bicyclic) bond motifs is 16. The molecular formula is C76H44O2S2. The van der Waals surface area contributed by atoms with Crippen LogP contribution in [0.5, 0.6) is 0 Å². The van der Waals surface area contributed by atoms with Gasteiger partial charge in [0.2, 0.25) is 0 Å². The topological polar surface area (TPSA) is 26.3 Å². The van der Waals surface area contributed by atoms with Crippen molar-refractivity contribution in [1.82, 2.24) is 0 Å². The molecule has 0 radical (unpaired) electrons. The number of benzene rings is 14. The van der Waals surface area contributed by atoms with Gasteiger partial charge >= 0.3 is 0 Å². The second kappa shape index (κ2) is 17.9. The van der Waals surface area contributed by atoms with Crippen LogP contribution in [0, 0.1) is 0 Å². The second-order valence-electron chi connectivity index (χ2n) is 17.5. The Balaban J connectivity index is 0.000000176. The number of hydrogen-bond acceptors (Lipinski definition) is 4. The monoisotopic (exact) mass is 1100 g/mol. The van der Waals surface area contributed by atoms with Crippen LogP contribution in [0.3, 0.4) is 0 Å². The molecule has 0 amide bonds. The fraction of sp³-hybridized carbons (Fsp3) is 0. The van der Waals surface area contributed by atoms with Crippen LogP contribution in [0.2, 0.25) is 0 Å². The largest absolute Gasteiger partial charge is 0.456 e. The third kappa shape index (κ3) is 6.89. The molecular weight excluding hydrogens is 1010 g/mol. The molecule has 0 N–H and O–H groups in total. The van der Waals surface area contributed by atoms with E-state index in [0.717, 1.165) is 0 Å². The van der Waals surface area contributed by atoms with Gasteiger partial charge in [0, 0.05) is 67.5 Å². The first-order chi connectivity index (χ1) is 58.0. The molecule has 14 aromatic carbocycles. The molecule has 372 valence electrons. The van der Waals surface area contributed by atoms with E-state index < -0.39 is 376 Å². The maximum atomic E-state index is 9.56. The van der Waals surface area contributed by atoms with Crippen LogP contribution in [0.15, 0.2) is 275 Å². The SMILES string of the molecule is [2H]c1c([2H])c([2H])c2c(oc3c([2H])c(-c4c5c([2H])c([2H])c([2H])c([2H])c5c(-c5c([2H])c([2H])c([2H])c6c5sc5c([2H])c([2H])c([2H])c([2H])c56)c5c([2H])c([2H])c([2H])c([2H])c45)c([2H])c([2H])c32)c1[2H].[2H]c1c([2H])c([2H])c2c(oc3c([2H])c(-c4c5c([2H])c([2H])c([2H])c([2H])c5c(-c5c([2H])c([2H])c6c(sc7c([2H])c([2H])c([2H])c([2H])c76)c5[2H])c5c([2H])c([2H])c([2H])c([2H])c45)c([2H])c([2H])c32)c1[2H]. The van der Waals surface area contributed by atoms with Crippen molar-refractivity contribution in [2.24, 2.45) is 0 Å². The van der Waals surface area contributed by atoms with Crippen molar-refractivity contribution >= 4 is 150 Å². The van der Waals surface area contributed by atoms with E-state index in [-0.39, 0.29) is 61.9 Å². The minimum atomic E-state index is -0.880. The molecule has 0 saturated carbocycles. The molecule has 18 rings (SSSR count). The smallest absolute Gasteiger partial charge is 0.136 e. The number of rotatable bonds is 4. The van der Waals surface area contributed by atoms with Gasteiger partial charge in [-0.3, -0.25) is 0 Å². The Morgan fingerprint density at radius 3 is 1.02 bits per heavy atom. The average Bonchev–Trinajstić information content (AvgIpc) is 0.956. The highest BCUT2D eigenvalue weighted by atomic mass is 32.1. The van der Waals surface area contributed by atoms with Crippen LogP contribution >= 0.6 is 22.7 Å². The Kier molecular flexibility index (Phi) is 4.42. The lowest BCUT2D eigenvalue weighted by Gasteiger charge is -2.18. The van der Waals surface area contributed by atoms with Crippen molar-refractivity contribution in [2.45, 2.75) is 0 Å². The second-order valence-corrected chi connectivity index (χ2v) is 19.6. The summed E-state index contributed by atoms with van der Waals surface area (Å²) in [6, 6.07) is -32.9. The summed E-state index contributed by atoms with van der Waals surface area (Å²) in [5.41, 5.74) is -6.39. The maximum absolute atomic E-state index is 9.56. The van der Waals surface area contributed by atoms with E-state index >= 15 is 0 Å². The van der Waals surface area contributed by atoms with Crippen molar-refractivity contribution < 1.29 is 69.1 Å². The minimum Gasteiger partial charge on any atom is -0.456 e. The highest BCUT2D eigenvalue weighted by Crippen LogP contribution is 2.50. The summed E-state index contributed by atoms with van der Waals surface area (Å²) >= 11 is 1.38. The summed E-state index contributed by atoms with van der Waals surface area (Å²) < 4.78 is 402. The number of hydrogen-bond donors (Lipinski definition) is 0. The molecule has 0 aliphatic heterocycles. The van der Waals surface area contributed by atoms with Crippen LogP contribution < -0.4 is 0 Å². The van der Waals surface area contributed by atoms with Crippen molar-refractivity contribution in [2.75, 3.05) is 0 Å². The van der Waals surface area contributed by atoms with E-state index in [2.05, 4.69) is 0 Å². The van der Waals surface area contributed by atoms with E-state index in [4.69, 9.17) is 45.8 Å². The van der Waals surface area contributed by atoms with Gasteiger partial charge in [-0.1, -0.05) is 211 Å². The zero-order valence-electron chi connectivity index (χ0n) is 83.6. The molecule has 4 heteroatoms. The molecule has 0 saturated heterocycles. The predicted molar refractivity (Wildman–Crippen MR) is 345 cm³/mol. The van der Waals surface area contributed by atoms with Gasteiger partial charge in [-0.15, -0.1) is 22.7 Å². The van der Waals surface area contributed by atoms with E-state index in [9.17, 15) is 23.3 Å². The fourth-order valence-corrected chi connectivity index (χ4v) is 12.1. The molecule has 80 heavy (non-hydrogen) atoms. The Morgan fingerprint density at radius 2 is 0.550 bits per heavy atom. The van der Waals surface area contributed by atoms with E-state index in [1.54, 1.807) is 0 Å². The number of para-hydroxylation sites is 2. The van der Waals surface area contributed by atoms with Crippen molar-refractivity contribution in [3.8, 4) is 44.5 Å². The van der Waals surface area contributed by atoms with Crippen LogP contribution in [-0.4, -0.2) is 0 Å². The summed E-state index contributed by atoms with van der Waals surface area (Å²) in [6.45, 7) is 0. The molecule has 18 aromatic rings. The standard InChI is InChI=1S/2C38H22OS/c1-3-14-29-27(12-1)36(23-20-21-25-24-10-5-7-18-33(24)39-34(25)22-23)28-13-2-4-15-30(28)37(29)32-17-9-16-31-26-11-6-8-19-35(26)40-38(31)32;1-3-13-31-29(11-1)37(23-17-19-26-25-9-5-7-15-33(25)39-34(26)21-23)30-12-2-4-14-32(30)38(31)24-18-20-28-27-10-6-8-16-35(27)40-36(28)22-24/h2*1-22H/i2*1D,2D,3D,4D,5D,6D,7D,8D,9D,10D,11D,12D,13D,14D,15D,16D,17D,18D,19D,20D,21D,22D. The van der Waals surface area contributed by atoms with E-state index in [1.807, 2.05) is 0 Å². The number of thiophene rings is 2. The van der Waals surface area contributed by atoms with Gasteiger partial charge in [0.05, 0.1) is 60.3 Å². The lowest BCUT2D eigenvalue weighted by Crippen LogP contribution is -1.91. The Morgan fingerprint density at radius 1 is 0.225 bits per heavy atom. The zero-order valence-corrected chi connectivity index (χ0v) is 41.3. The molecule has 0 unspecified atom stereocenters. The normalized spacial score (nSPS) is 19.7. The van der Waals surface area contributed by atoms with Crippen molar-refractivity contribution in [1.29, 1.82) is 0 Å². The van der Waals surface area contributed by atoms with Crippen molar-refractivity contribution in [3.63, 3.8) is 0 Å². The highest BCUT2D eigenvalue weighted by molar-refractivity contribution is 7.26. The first-order valence-electron chi connectivity index (χ1n) is 45.6. The lowest BCUT2D eigenvalue weighted by atomic mass is 9.85. The van der Waals surface area contributed by atoms with Gasteiger partial charge < -0.3 is 8.83 Å². The molecule has 2 nitrogen and oxygen atoms in total. The van der Waals surface area contributed by atoms with E-state index in [0.29, 0.717) is 22.7 Å². The summed E-state index contributed by atoms with van der Waals surface area (Å²) in [7, 11) is 0. The van der Waals surface area contributed by atoms with E-state index in [1.165, 1.54) is 0 Å². The minimum absolute atomic E-state index is 0.0513. The first kappa shape index (κ1) is 19.8. The van der Waals surface area contributed by atoms with Crippen molar-refractivity contribution in [3.05, 3.63) is 266 Å². The fourth-order valence-electron chi connectivity index (χ4n) is 10.0. The average molecular weight is 1100 g/mol. The molecule has 4 aromatic heterocycles. The molecule has 0 fully saturated rings. The summed E-state index contributed by atoms with van der Waals surface area (Å²) in [6.07, 6.45) is 0. The van der Waals surface area contributed by atoms with Gasteiger partial charge in [-0.25, -0.2) is 0 Å². The zero-order chi connectivity index (χ0) is 90.7. The Hall–Kier alpha value is -9.84. The predicted octanol–water partition coefficient (Wildman–Crippen LogP) is 23.2. The molecule has 0 aliphatic carbocycles. The quantitative estimate of drug-likeness (QED) is 0.164. The molecule has 0 bridgehead atoms. The highest BCUT2D eigenvalue weighted by Gasteiger charge is 2.22. The van der Waals surface area contributed by atoms with Crippen LogP contribution in [0.4, 0.5) is 0 Å². The van der Waals surface area contributed by atoms with Crippen LogP contribution in [-0.2, 0) is 0 Å². The Bertz CT molecular complexity index is 7880. The summed E-state index contributed by atoms with van der Waals surface area (Å²) in [5.74, 6) is 0. The molecule has 0 spiro atoms. The van der Waals surface area contributed by atoms with Gasteiger partial charge in [0.1, 0.15) is 22.3 Å². The third-order valence-electron chi connectivity index (χ3n) is 13.3. The number of furan rings is 2. The summed E-state index contributed by atoms with van der Waals surface area (Å²) in [5, 5.41) is -6.61.